The molecule has 3 aromatic rings. The zero-order valence-corrected chi connectivity index (χ0v) is 13.1. The summed E-state index contributed by atoms with van der Waals surface area (Å²) in [6.07, 6.45) is 1.88. The first-order valence-electron chi connectivity index (χ1n) is 6.64. The fourth-order valence-electron chi connectivity index (χ4n) is 2.38. The summed E-state index contributed by atoms with van der Waals surface area (Å²) in [5, 5.41) is 0.935. The zero-order valence-electron chi connectivity index (χ0n) is 11.5. The minimum absolute atomic E-state index is 0.309. The molecule has 0 saturated heterocycles. The summed E-state index contributed by atoms with van der Waals surface area (Å²) in [5.41, 5.74) is 2.23. The molecule has 0 spiro atoms. The van der Waals surface area contributed by atoms with Gasteiger partial charge in [-0.05, 0) is 23.8 Å². The van der Waals surface area contributed by atoms with Gasteiger partial charge >= 0.3 is 5.97 Å². The molecule has 0 N–H and O–H groups in total. The van der Waals surface area contributed by atoms with Gasteiger partial charge in [-0.2, -0.15) is 0 Å². The lowest BCUT2D eigenvalue weighted by atomic mass is 10.2. The lowest BCUT2D eigenvalue weighted by molar-refractivity contribution is -0.131. The van der Waals surface area contributed by atoms with Crippen molar-refractivity contribution in [3.63, 3.8) is 0 Å². The number of esters is 1. The van der Waals surface area contributed by atoms with Crippen molar-refractivity contribution in [3.8, 4) is 5.75 Å². The predicted molar refractivity (Wildman–Crippen MR) is 86.5 cm³/mol. The molecular weight excluding hydrogens is 330 g/mol. The molecule has 106 valence electrons. The number of aromatic nitrogens is 1. The second-order valence-electron chi connectivity index (χ2n) is 4.86. The molecule has 0 bridgehead atoms. The van der Waals surface area contributed by atoms with Crippen LogP contribution in [0.25, 0.3) is 10.9 Å². The largest absolute Gasteiger partial charge is 0.424 e. The lowest BCUT2D eigenvalue weighted by Crippen LogP contribution is -2.01. The van der Waals surface area contributed by atoms with E-state index < -0.39 is 0 Å². The van der Waals surface area contributed by atoms with Crippen LogP contribution in [0.5, 0.6) is 5.75 Å². The molecule has 21 heavy (non-hydrogen) atoms. The van der Waals surface area contributed by atoms with Crippen molar-refractivity contribution in [1.82, 2.24) is 4.57 Å². The van der Waals surface area contributed by atoms with Crippen molar-refractivity contribution in [1.29, 1.82) is 0 Å². The summed E-state index contributed by atoms with van der Waals surface area (Å²) >= 11 is 3.49. The molecule has 3 nitrogen and oxygen atoms in total. The minimum atomic E-state index is -0.309. The summed E-state index contributed by atoms with van der Waals surface area (Å²) in [6.45, 7) is 2.15. The molecule has 1 aromatic heterocycles. The standard InChI is InChI=1S/C17H14BrNO2/c1-12(20)21-17-11-19(10-13-5-3-2-4-6-13)16-9-14(18)7-8-15(16)17/h2-9,11H,10H2,1H3. The Labute approximate surface area is 131 Å². The Bertz CT molecular complexity index is 793. The number of fused-ring (bicyclic) bond motifs is 1. The molecule has 0 fully saturated rings. The number of ether oxygens (including phenoxy) is 1. The van der Waals surface area contributed by atoms with Gasteiger partial charge in [-0.25, -0.2) is 0 Å². The van der Waals surface area contributed by atoms with E-state index >= 15 is 0 Å². The Morgan fingerprint density at radius 1 is 1.19 bits per heavy atom. The van der Waals surface area contributed by atoms with Crippen molar-refractivity contribution >= 4 is 32.8 Å². The molecule has 0 unspecified atom stereocenters. The average molecular weight is 344 g/mol. The number of hydrogen-bond donors (Lipinski definition) is 0. The molecule has 0 saturated carbocycles. The molecule has 4 heteroatoms. The SMILES string of the molecule is CC(=O)Oc1cn(Cc2ccccc2)c2cc(Br)ccc12. The fourth-order valence-corrected chi connectivity index (χ4v) is 2.73. The smallest absolute Gasteiger partial charge is 0.308 e. The second kappa shape index (κ2) is 5.74. The van der Waals surface area contributed by atoms with Gasteiger partial charge in [0.25, 0.3) is 0 Å². The highest BCUT2D eigenvalue weighted by Crippen LogP contribution is 2.31. The topological polar surface area (TPSA) is 31.2 Å². The average Bonchev–Trinajstić information content (AvgIpc) is 2.76. The predicted octanol–water partition coefficient (Wildman–Crippen LogP) is 4.38. The maximum absolute atomic E-state index is 11.3. The van der Waals surface area contributed by atoms with Gasteiger partial charge in [-0.3, -0.25) is 4.79 Å². The van der Waals surface area contributed by atoms with Gasteiger partial charge in [0.2, 0.25) is 0 Å². The summed E-state index contributed by atoms with van der Waals surface area (Å²) < 4.78 is 8.40. The number of benzene rings is 2. The molecule has 3 rings (SSSR count). The molecule has 1 heterocycles. The normalized spacial score (nSPS) is 10.8. The van der Waals surface area contributed by atoms with E-state index in [1.165, 1.54) is 12.5 Å². The number of carbonyl (C=O) groups is 1. The Morgan fingerprint density at radius 2 is 1.95 bits per heavy atom. The maximum atomic E-state index is 11.3. The van der Waals surface area contributed by atoms with Crippen LogP contribution in [0, 0.1) is 0 Å². The van der Waals surface area contributed by atoms with E-state index in [9.17, 15) is 4.79 Å². The number of hydrogen-bond acceptors (Lipinski definition) is 2. The molecule has 0 aliphatic carbocycles. The third-order valence-electron chi connectivity index (χ3n) is 3.26. The molecule has 0 atom stereocenters. The number of rotatable bonds is 3. The van der Waals surface area contributed by atoms with Gasteiger partial charge in [0.15, 0.2) is 5.75 Å². The summed E-state index contributed by atoms with van der Waals surface area (Å²) in [7, 11) is 0. The minimum Gasteiger partial charge on any atom is -0.424 e. The van der Waals surface area contributed by atoms with Crippen molar-refractivity contribution in [2.45, 2.75) is 13.5 Å². The van der Waals surface area contributed by atoms with E-state index in [1.807, 2.05) is 42.6 Å². The zero-order chi connectivity index (χ0) is 14.8. The maximum Gasteiger partial charge on any atom is 0.308 e. The van der Waals surface area contributed by atoms with Gasteiger partial charge in [0.05, 0.1) is 5.52 Å². The molecule has 0 aliphatic heterocycles. The van der Waals surface area contributed by atoms with E-state index in [0.717, 1.165) is 21.9 Å². The van der Waals surface area contributed by atoms with Crippen LogP contribution < -0.4 is 4.74 Å². The molecule has 0 amide bonds. The third-order valence-corrected chi connectivity index (χ3v) is 3.75. The van der Waals surface area contributed by atoms with E-state index in [1.54, 1.807) is 0 Å². The highest BCUT2D eigenvalue weighted by atomic mass is 79.9. The quantitative estimate of drug-likeness (QED) is 0.661. The Hall–Kier alpha value is -2.07. The fraction of sp³-hybridized carbons (Fsp3) is 0.118. The van der Waals surface area contributed by atoms with Crippen molar-refractivity contribution < 1.29 is 9.53 Å². The number of nitrogens with zero attached hydrogens (tertiary/aromatic N) is 1. The van der Waals surface area contributed by atoms with Gasteiger partial charge in [-0.15, -0.1) is 0 Å². The van der Waals surface area contributed by atoms with Gasteiger partial charge < -0.3 is 9.30 Å². The van der Waals surface area contributed by atoms with Crippen LogP contribution in [-0.2, 0) is 11.3 Å². The molecule has 2 aromatic carbocycles. The molecular formula is C17H14BrNO2. The van der Waals surface area contributed by atoms with Gasteiger partial charge in [-0.1, -0.05) is 46.3 Å². The Balaban J connectivity index is 2.08. The summed E-state index contributed by atoms with van der Waals surface area (Å²) in [6, 6.07) is 16.1. The second-order valence-corrected chi connectivity index (χ2v) is 5.78. The lowest BCUT2D eigenvalue weighted by Gasteiger charge is -2.05. The van der Waals surface area contributed by atoms with Gasteiger partial charge in [0, 0.05) is 29.5 Å². The highest BCUT2D eigenvalue weighted by Gasteiger charge is 2.12. The van der Waals surface area contributed by atoms with Crippen molar-refractivity contribution in [3.05, 3.63) is 64.8 Å². The first kappa shape index (κ1) is 13.9. The molecule has 0 aliphatic rings. The number of halogens is 1. The van der Waals surface area contributed by atoms with Crippen LogP contribution in [0.2, 0.25) is 0 Å². The summed E-state index contributed by atoms with van der Waals surface area (Å²) in [5.74, 6) is 0.289. The first-order valence-corrected chi connectivity index (χ1v) is 7.43. The first-order chi connectivity index (χ1) is 10.1. The third kappa shape index (κ3) is 3.00. The van der Waals surface area contributed by atoms with Crippen LogP contribution in [-0.4, -0.2) is 10.5 Å². The monoisotopic (exact) mass is 343 g/mol. The van der Waals surface area contributed by atoms with E-state index in [4.69, 9.17) is 4.74 Å². The van der Waals surface area contributed by atoms with E-state index in [2.05, 4.69) is 32.6 Å². The van der Waals surface area contributed by atoms with Crippen LogP contribution >= 0.6 is 15.9 Å². The van der Waals surface area contributed by atoms with Gasteiger partial charge in [0.1, 0.15) is 0 Å². The Kier molecular flexibility index (Phi) is 3.80. The number of carbonyl (C=O) groups excluding carboxylic acids is 1. The van der Waals surface area contributed by atoms with Crippen LogP contribution in [0.1, 0.15) is 12.5 Å². The Morgan fingerprint density at radius 3 is 2.67 bits per heavy atom. The van der Waals surface area contributed by atoms with Crippen LogP contribution in [0.4, 0.5) is 0 Å². The van der Waals surface area contributed by atoms with Crippen LogP contribution in [0.15, 0.2) is 59.2 Å². The highest BCUT2D eigenvalue weighted by molar-refractivity contribution is 9.10. The molecule has 0 radical (unpaired) electrons. The van der Waals surface area contributed by atoms with Crippen molar-refractivity contribution in [2.75, 3.05) is 0 Å². The van der Waals surface area contributed by atoms with E-state index in [0.29, 0.717) is 5.75 Å². The summed E-state index contributed by atoms with van der Waals surface area (Å²) in [4.78, 5) is 11.3. The van der Waals surface area contributed by atoms with Crippen LogP contribution in [0.3, 0.4) is 0 Å². The van der Waals surface area contributed by atoms with E-state index in [-0.39, 0.29) is 5.97 Å². The van der Waals surface area contributed by atoms with Crippen molar-refractivity contribution in [2.24, 2.45) is 0 Å².